The fourth-order valence-electron chi connectivity index (χ4n) is 1.69. The van der Waals surface area contributed by atoms with Crippen LogP contribution in [0.15, 0.2) is 16.7 Å². The third-order valence-electron chi connectivity index (χ3n) is 2.86. The average molecular weight is 297 g/mol. The second kappa shape index (κ2) is 6.28. The Balaban J connectivity index is 2.22. The molecule has 2 N–H and O–H groups in total. The monoisotopic (exact) mass is 297 g/mol. The molecule has 2 aromatic rings. The molecule has 21 heavy (non-hydrogen) atoms. The van der Waals surface area contributed by atoms with E-state index < -0.39 is 17.7 Å². The Bertz CT molecular complexity index is 629. The summed E-state index contributed by atoms with van der Waals surface area (Å²) in [6, 6.07) is 1.53. The van der Waals surface area contributed by atoms with Gasteiger partial charge in [0, 0.05) is 6.07 Å². The fraction of sp³-hybridized carbons (Fsp3) is 0.429. The molecule has 1 heterocycles. The van der Waals surface area contributed by atoms with Gasteiger partial charge in [-0.05, 0) is 32.4 Å². The summed E-state index contributed by atoms with van der Waals surface area (Å²) in [5.74, 6) is -1.21. The van der Waals surface area contributed by atoms with Crippen LogP contribution in [-0.2, 0) is 4.74 Å². The Kier molecular flexibility index (Phi) is 4.64. The second-order valence-electron chi connectivity index (χ2n) is 5.03. The summed E-state index contributed by atoms with van der Waals surface area (Å²) in [6.07, 6.45) is 0.0274. The van der Waals surface area contributed by atoms with Crippen LogP contribution < -0.4 is 5.73 Å². The van der Waals surface area contributed by atoms with Gasteiger partial charge in [0.1, 0.15) is 11.6 Å². The number of nitrogens with zero attached hydrogens (tertiary/aromatic N) is 2. The van der Waals surface area contributed by atoms with E-state index >= 15 is 0 Å². The molecule has 0 radical (unpaired) electrons. The fourth-order valence-corrected chi connectivity index (χ4v) is 1.69. The van der Waals surface area contributed by atoms with Crippen molar-refractivity contribution in [1.82, 2.24) is 10.1 Å². The van der Waals surface area contributed by atoms with Gasteiger partial charge in [-0.15, -0.1) is 0 Å². The Labute approximate surface area is 121 Å². The molecule has 114 valence electrons. The maximum Gasteiger partial charge on any atom is 0.260 e. The maximum absolute atomic E-state index is 13.8. The second-order valence-corrected chi connectivity index (χ2v) is 5.03. The predicted molar refractivity (Wildman–Crippen MR) is 72.4 cm³/mol. The highest BCUT2D eigenvalue weighted by Gasteiger charge is 2.19. The van der Waals surface area contributed by atoms with Crippen LogP contribution in [0, 0.1) is 18.6 Å². The number of hydrogen-bond acceptors (Lipinski definition) is 5. The number of rotatable bonds is 5. The van der Waals surface area contributed by atoms with Gasteiger partial charge in [-0.25, -0.2) is 8.78 Å². The highest BCUT2D eigenvalue weighted by atomic mass is 19.1. The first-order valence-corrected chi connectivity index (χ1v) is 6.55. The van der Waals surface area contributed by atoms with E-state index in [0.717, 1.165) is 6.07 Å². The molecule has 0 bridgehead atoms. The Morgan fingerprint density at radius 2 is 2.00 bits per heavy atom. The van der Waals surface area contributed by atoms with Crippen LogP contribution in [-0.4, -0.2) is 22.9 Å². The topological polar surface area (TPSA) is 74.2 Å². The van der Waals surface area contributed by atoms with Crippen molar-refractivity contribution in [3.8, 4) is 11.5 Å². The van der Waals surface area contributed by atoms with E-state index in [1.807, 2.05) is 13.8 Å². The van der Waals surface area contributed by atoms with Crippen LogP contribution in [0.5, 0.6) is 0 Å². The molecule has 0 saturated carbocycles. The van der Waals surface area contributed by atoms with Crippen molar-refractivity contribution in [2.45, 2.75) is 32.9 Å². The summed E-state index contributed by atoms with van der Waals surface area (Å²) in [5, 5.41) is 3.71. The predicted octanol–water partition coefficient (Wildman–Crippen LogP) is 2.75. The lowest BCUT2D eigenvalue weighted by Gasteiger charge is -2.10. The minimum absolute atomic E-state index is 0.0274. The lowest BCUT2D eigenvalue weighted by Crippen LogP contribution is -2.20. The minimum Gasteiger partial charge on any atom is -0.377 e. The molecular weight excluding hydrogens is 280 g/mol. The molecule has 1 aromatic carbocycles. The maximum atomic E-state index is 13.8. The molecule has 7 heteroatoms. The van der Waals surface area contributed by atoms with E-state index in [-0.39, 0.29) is 30.0 Å². The Morgan fingerprint density at radius 3 is 2.67 bits per heavy atom. The summed E-state index contributed by atoms with van der Waals surface area (Å²) in [6.45, 7) is 5.51. The lowest BCUT2D eigenvalue weighted by atomic mass is 10.1. The van der Waals surface area contributed by atoms with Gasteiger partial charge in [0.25, 0.3) is 5.89 Å². The Hall–Kier alpha value is -1.86. The first kappa shape index (κ1) is 15.5. The molecule has 5 nitrogen and oxygen atoms in total. The highest BCUT2D eigenvalue weighted by molar-refractivity contribution is 5.55. The summed E-state index contributed by atoms with van der Waals surface area (Å²) in [4.78, 5) is 4.04. The van der Waals surface area contributed by atoms with E-state index in [2.05, 4.69) is 10.1 Å². The third-order valence-corrected chi connectivity index (χ3v) is 2.86. The molecule has 0 fully saturated rings. The molecule has 0 saturated heterocycles. The largest absolute Gasteiger partial charge is 0.377 e. The van der Waals surface area contributed by atoms with Crippen LogP contribution in [0.2, 0.25) is 0 Å². The molecular formula is C14H17F2N3O2. The number of aromatic nitrogens is 2. The number of ether oxygens (including phenoxy) is 1. The first-order chi connectivity index (χ1) is 9.88. The summed E-state index contributed by atoms with van der Waals surface area (Å²) in [5.41, 5.74) is 6.20. The van der Waals surface area contributed by atoms with E-state index in [1.165, 1.54) is 13.0 Å². The van der Waals surface area contributed by atoms with Gasteiger partial charge in [-0.3, -0.25) is 0 Å². The summed E-state index contributed by atoms with van der Waals surface area (Å²) >= 11 is 0. The molecule has 2 rings (SSSR count). The van der Waals surface area contributed by atoms with Gasteiger partial charge in [0.15, 0.2) is 5.82 Å². The third kappa shape index (κ3) is 3.62. The van der Waals surface area contributed by atoms with Gasteiger partial charge in [-0.1, -0.05) is 5.16 Å². The molecule has 0 aliphatic heterocycles. The number of nitrogens with two attached hydrogens (primary N) is 1. The van der Waals surface area contributed by atoms with Crippen LogP contribution in [0.1, 0.15) is 31.3 Å². The van der Waals surface area contributed by atoms with Gasteiger partial charge in [0.05, 0.1) is 24.3 Å². The molecule has 1 atom stereocenters. The number of benzene rings is 1. The van der Waals surface area contributed by atoms with Gasteiger partial charge in [-0.2, -0.15) is 4.98 Å². The number of halogens is 2. The SMILES string of the molecule is Cc1cc(-c2nc(C(N)COC(C)C)no2)c(F)cc1F. The molecule has 0 amide bonds. The molecule has 1 unspecified atom stereocenters. The molecule has 0 aliphatic carbocycles. The Morgan fingerprint density at radius 1 is 1.29 bits per heavy atom. The van der Waals surface area contributed by atoms with Crippen molar-refractivity contribution in [3.63, 3.8) is 0 Å². The quantitative estimate of drug-likeness (QED) is 0.918. The summed E-state index contributed by atoms with van der Waals surface area (Å²) in [7, 11) is 0. The zero-order valence-electron chi connectivity index (χ0n) is 12.1. The zero-order valence-corrected chi connectivity index (χ0v) is 12.1. The van der Waals surface area contributed by atoms with Crippen molar-refractivity contribution in [1.29, 1.82) is 0 Å². The van der Waals surface area contributed by atoms with E-state index in [9.17, 15) is 8.78 Å². The number of aryl methyl sites for hydroxylation is 1. The van der Waals surface area contributed by atoms with Crippen molar-refractivity contribution in [2.75, 3.05) is 6.61 Å². The molecule has 0 aliphatic rings. The lowest BCUT2D eigenvalue weighted by molar-refractivity contribution is 0.0665. The van der Waals surface area contributed by atoms with Crippen LogP contribution >= 0.6 is 0 Å². The summed E-state index contributed by atoms with van der Waals surface area (Å²) < 4.78 is 37.4. The van der Waals surface area contributed by atoms with E-state index in [0.29, 0.717) is 5.56 Å². The van der Waals surface area contributed by atoms with Gasteiger partial charge >= 0.3 is 0 Å². The standard InChI is InChI=1S/C14H17F2N3O2/c1-7(2)20-6-12(17)13-18-14(21-19-13)9-4-8(3)10(15)5-11(9)16/h4-5,7,12H,6,17H2,1-3H3. The van der Waals surface area contributed by atoms with Crippen LogP contribution in [0.25, 0.3) is 11.5 Å². The van der Waals surface area contributed by atoms with Gasteiger partial charge < -0.3 is 15.0 Å². The zero-order chi connectivity index (χ0) is 15.6. The highest BCUT2D eigenvalue weighted by Crippen LogP contribution is 2.25. The van der Waals surface area contributed by atoms with Crippen LogP contribution in [0.4, 0.5) is 8.78 Å². The smallest absolute Gasteiger partial charge is 0.260 e. The minimum atomic E-state index is -0.764. The van der Waals surface area contributed by atoms with Gasteiger partial charge in [0.2, 0.25) is 0 Å². The molecule has 1 aromatic heterocycles. The van der Waals surface area contributed by atoms with Crippen molar-refractivity contribution in [2.24, 2.45) is 5.73 Å². The molecule has 0 spiro atoms. The van der Waals surface area contributed by atoms with Crippen molar-refractivity contribution < 1.29 is 18.0 Å². The van der Waals surface area contributed by atoms with E-state index in [1.54, 1.807) is 0 Å². The first-order valence-electron chi connectivity index (χ1n) is 6.55. The normalized spacial score (nSPS) is 12.9. The van der Waals surface area contributed by atoms with Crippen molar-refractivity contribution in [3.05, 3.63) is 35.2 Å². The number of hydrogen-bond donors (Lipinski definition) is 1. The van der Waals surface area contributed by atoms with Crippen LogP contribution in [0.3, 0.4) is 0 Å². The van der Waals surface area contributed by atoms with E-state index in [4.69, 9.17) is 15.0 Å². The average Bonchev–Trinajstić information content (AvgIpc) is 2.89. The van der Waals surface area contributed by atoms with Crippen molar-refractivity contribution >= 4 is 0 Å².